The molecule has 0 spiro atoms. The van der Waals surface area contributed by atoms with E-state index < -0.39 is 29.3 Å². The first-order valence-corrected chi connectivity index (χ1v) is 7.19. The fourth-order valence-corrected chi connectivity index (χ4v) is 2.06. The topological polar surface area (TPSA) is 79.2 Å². The summed E-state index contributed by atoms with van der Waals surface area (Å²) in [6, 6.07) is 4.61. The van der Waals surface area contributed by atoms with Crippen LogP contribution in [0.5, 0.6) is 0 Å². The molecule has 6 nitrogen and oxygen atoms in total. The number of amides is 2. The second-order valence-corrected chi connectivity index (χ2v) is 4.91. The van der Waals surface area contributed by atoms with Gasteiger partial charge in [0, 0.05) is 32.0 Å². The number of aromatic nitrogens is 2. The molecule has 0 radical (unpaired) electrons. The van der Waals surface area contributed by atoms with E-state index in [-0.39, 0.29) is 6.54 Å². The summed E-state index contributed by atoms with van der Waals surface area (Å²) in [5, 5.41) is 18.8. The van der Waals surface area contributed by atoms with Gasteiger partial charge in [0.05, 0.1) is 5.56 Å². The van der Waals surface area contributed by atoms with Crippen LogP contribution in [0.3, 0.4) is 0 Å². The van der Waals surface area contributed by atoms with Gasteiger partial charge in [0.15, 0.2) is 0 Å². The molecule has 8 heteroatoms. The second kappa shape index (κ2) is 8.23. The molecule has 1 aromatic carbocycles. The maximum atomic E-state index is 13.5. The molecule has 0 bridgehead atoms. The molecule has 2 rings (SSSR count). The van der Waals surface area contributed by atoms with Crippen LogP contribution in [0.15, 0.2) is 36.7 Å². The number of rotatable bonds is 7. The number of aryl methyl sites for hydroxylation is 1. The van der Waals surface area contributed by atoms with Gasteiger partial charge >= 0.3 is 6.03 Å². The summed E-state index contributed by atoms with van der Waals surface area (Å²) < 4.78 is 28.7. The van der Waals surface area contributed by atoms with Crippen LogP contribution in [0.4, 0.5) is 13.6 Å². The van der Waals surface area contributed by atoms with Crippen molar-refractivity contribution < 1.29 is 18.7 Å². The van der Waals surface area contributed by atoms with Gasteiger partial charge in [-0.2, -0.15) is 5.10 Å². The van der Waals surface area contributed by atoms with E-state index in [4.69, 9.17) is 0 Å². The van der Waals surface area contributed by atoms with Crippen LogP contribution < -0.4 is 10.6 Å². The number of hydrogen-bond acceptors (Lipinski definition) is 3. The number of benzene rings is 1. The Hall–Kier alpha value is -2.48. The SMILES string of the molecule is O=C(NCCCn1cccn1)NCC(O)c1c(F)cccc1F. The number of halogens is 2. The van der Waals surface area contributed by atoms with E-state index in [0.29, 0.717) is 19.5 Å². The minimum absolute atomic E-state index is 0.289. The Balaban J connectivity index is 1.69. The van der Waals surface area contributed by atoms with Crippen LogP contribution in [0, 0.1) is 11.6 Å². The normalized spacial score (nSPS) is 12.0. The summed E-state index contributed by atoms with van der Waals surface area (Å²) in [6.07, 6.45) is 2.72. The summed E-state index contributed by atoms with van der Waals surface area (Å²) in [5.74, 6) is -1.70. The van der Waals surface area contributed by atoms with Gasteiger partial charge in [-0.3, -0.25) is 4.68 Å². The molecule has 0 aliphatic rings. The van der Waals surface area contributed by atoms with Crippen LogP contribution in [0.1, 0.15) is 18.1 Å². The van der Waals surface area contributed by atoms with Crippen molar-refractivity contribution in [2.24, 2.45) is 0 Å². The fourth-order valence-electron chi connectivity index (χ4n) is 2.06. The predicted molar refractivity (Wildman–Crippen MR) is 79.6 cm³/mol. The molecule has 0 aliphatic heterocycles. The first-order chi connectivity index (χ1) is 11.1. The monoisotopic (exact) mass is 324 g/mol. The largest absolute Gasteiger partial charge is 0.386 e. The smallest absolute Gasteiger partial charge is 0.314 e. The molecular weight excluding hydrogens is 306 g/mol. The minimum Gasteiger partial charge on any atom is -0.386 e. The number of aliphatic hydroxyl groups excluding tert-OH is 1. The van der Waals surface area contributed by atoms with Gasteiger partial charge in [-0.1, -0.05) is 6.07 Å². The average Bonchev–Trinajstić information content (AvgIpc) is 3.02. The summed E-state index contributed by atoms with van der Waals surface area (Å²) in [6.45, 7) is 0.787. The third-order valence-electron chi connectivity index (χ3n) is 3.20. The Labute approximate surface area is 132 Å². The molecule has 3 N–H and O–H groups in total. The van der Waals surface area contributed by atoms with Crippen LogP contribution in [-0.4, -0.2) is 34.0 Å². The Kier molecular flexibility index (Phi) is 6.04. The molecule has 2 aromatic rings. The highest BCUT2D eigenvalue weighted by molar-refractivity contribution is 5.73. The van der Waals surface area contributed by atoms with Crippen molar-refractivity contribution in [2.75, 3.05) is 13.1 Å². The lowest BCUT2D eigenvalue weighted by atomic mass is 10.1. The molecular formula is C15H18F2N4O2. The molecule has 124 valence electrons. The molecule has 2 amide bonds. The summed E-state index contributed by atoms with van der Waals surface area (Å²) in [4.78, 5) is 11.6. The Morgan fingerprint density at radius 3 is 2.65 bits per heavy atom. The minimum atomic E-state index is -1.45. The highest BCUT2D eigenvalue weighted by atomic mass is 19.1. The maximum absolute atomic E-state index is 13.5. The van der Waals surface area contributed by atoms with E-state index in [1.165, 1.54) is 6.07 Å². The Morgan fingerprint density at radius 1 is 1.26 bits per heavy atom. The molecule has 0 aliphatic carbocycles. The quantitative estimate of drug-likeness (QED) is 0.677. The lowest BCUT2D eigenvalue weighted by Crippen LogP contribution is -2.38. The van der Waals surface area contributed by atoms with Gasteiger partial charge < -0.3 is 15.7 Å². The van der Waals surface area contributed by atoms with Gasteiger partial charge in [0.1, 0.15) is 17.7 Å². The highest BCUT2D eigenvalue weighted by Gasteiger charge is 2.18. The number of nitrogens with zero attached hydrogens (tertiary/aromatic N) is 2. The fraction of sp³-hybridized carbons (Fsp3) is 0.333. The summed E-state index contributed by atoms with van der Waals surface area (Å²) in [7, 11) is 0. The number of urea groups is 1. The van der Waals surface area contributed by atoms with Crippen molar-refractivity contribution in [3.05, 3.63) is 53.9 Å². The van der Waals surface area contributed by atoms with Crippen LogP contribution in [-0.2, 0) is 6.54 Å². The van der Waals surface area contributed by atoms with Crippen LogP contribution >= 0.6 is 0 Å². The zero-order chi connectivity index (χ0) is 16.7. The number of aliphatic hydroxyl groups is 1. The molecule has 1 heterocycles. The molecule has 1 aromatic heterocycles. The number of carbonyl (C=O) groups excluding carboxylic acids is 1. The zero-order valence-corrected chi connectivity index (χ0v) is 12.4. The molecule has 0 saturated heterocycles. The molecule has 1 atom stereocenters. The van der Waals surface area contributed by atoms with Gasteiger partial charge in [0.25, 0.3) is 0 Å². The van der Waals surface area contributed by atoms with Gasteiger partial charge in [-0.05, 0) is 24.6 Å². The van der Waals surface area contributed by atoms with E-state index >= 15 is 0 Å². The van der Waals surface area contributed by atoms with Crippen molar-refractivity contribution in [3.8, 4) is 0 Å². The number of nitrogens with one attached hydrogen (secondary N) is 2. The van der Waals surface area contributed by atoms with Gasteiger partial charge in [-0.15, -0.1) is 0 Å². The van der Waals surface area contributed by atoms with E-state index in [2.05, 4.69) is 15.7 Å². The third-order valence-corrected chi connectivity index (χ3v) is 3.20. The van der Waals surface area contributed by atoms with Gasteiger partial charge in [-0.25, -0.2) is 13.6 Å². The van der Waals surface area contributed by atoms with E-state index in [9.17, 15) is 18.7 Å². The van der Waals surface area contributed by atoms with Crippen molar-refractivity contribution in [1.29, 1.82) is 0 Å². The Bertz CT molecular complexity index is 614. The molecule has 0 saturated carbocycles. The molecule has 1 unspecified atom stereocenters. The summed E-state index contributed by atoms with van der Waals surface area (Å²) in [5.41, 5.74) is -0.452. The van der Waals surface area contributed by atoms with Crippen molar-refractivity contribution in [2.45, 2.75) is 19.1 Å². The van der Waals surface area contributed by atoms with Crippen molar-refractivity contribution in [1.82, 2.24) is 20.4 Å². The number of carbonyl (C=O) groups is 1. The molecule has 23 heavy (non-hydrogen) atoms. The molecule has 0 fully saturated rings. The Morgan fingerprint density at radius 2 is 2.00 bits per heavy atom. The predicted octanol–water partition coefficient (Wildman–Crippen LogP) is 1.58. The number of hydrogen-bond donors (Lipinski definition) is 3. The highest BCUT2D eigenvalue weighted by Crippen LogP contribution is 2.19. The van der Waals surface area contributed by atoms with E-state index in [1.807, 2.05) is 12.3 Å². The zero-order valence-electron chi connectivity index (χ0n) is 12.4. The van der Waals surface area contributed by atoms with E-state index in [0.717, 1.165) is 12.1 Å². The third kappa shape index (κ3) is 5.03. The lowest BCUT2D eigenvalue weighted by molar-refractivity contribution is 0.164. The first-order valence-electron chi connectivity index (χ1n) is 7.19. The first kappa shape index (κ1) is 16.9. The van der Waals surface area contributed by atoms with Crippen molar-refractivity contribution in [3.63, 3.8) is 0 Å². The summed E-state index contributed by atoms with van der Waals surface area (Å²) >= 11 is 0. The van der Waals surface area contributed by atoms with E-state index in [1.54, 1.807) is 10.9 Å². The standard InChI is InChI=1S/C15H18F2N4O2/c16-11-4-1-5-12(17)14(11)13(22)10-19-15(23)18-6-2-8-21-9-3-7-20-21/h1,3-5,7,9,13,22H,2,6,8,10H2,(H2,18,19,23). The average molecular weight is 324 g/mol. The van der Waals surface area contributed by atoms with Gasteiger partial charge in [0.2, 0.25) is 0 Å². The lowest BCUT2D eigenvalue weighted by Gasteiger charge is -2.14. The maximum Gasteiger partial charge on any atom is 0.314 e. The second-order valence-electron chi connectivity index (χ2n) is 4.91. The van der Waals surface area contributed by atoms with Crippen LogP contribution in [0.2, 0.25) is 0 Å². The van der Waals surface area contributed by atoms with Crippen LogP contribution in [0.25, 0.3) is 0 Å². The van der Waals surface area contributed by atoms with Crippen molar-refractivity contribution >= 4 is 6.03 Å².